The van der Waals surface area contributed by atoms with Gasteiger partial charge in [-0.2, -0.15) is 0 Å². The lowest BCUT2D eigenvalue weighted by molar-refractivity contribution is -0.385. The third kappa shape index (κ3) is 2.42. The van der Waals surface area contributed by atoms with Crippen LogP contribution in [-0.4, -0.2) is 31.8 Å². The van der Waals surface area contributed by atoms with Gasteiger partial charge in [0.1, 0.15) is 18.0 Å². The molecular weight excluding hydrogens is 224 g/mol. The second kappa shape index (κ2) is 4.24. The van der Waals surface area contributed by atoms with Crippen molar-refractivity contribution >= 4 is 22.8 Å². The van der Waals surface area contributed by atoms with E-state index in [4.69, 9.17) is 5.11 Å². The van der Waals surface area contributed by atoms with Crippen LogP contribution in [0.25, 0.3) is 0 Å². The van der Waals surface area contributed by atoms with Crippen LogP contribution in [0.15, 0.2) is 17.3 Å². The average Bonchev–Trinajstić information content (AvgIpc) is 2.16. The van der Waals surface area contributed by atoms with Gasteiger partial charge in [0.25, 0.3) is 10.7 Å². The molecule has 0 saturated carbocycles. The van der Waals surface area contributed by atoms with Crippen LogP contribution < -0.4 is 0 Å². The summed E-state index contributed by atoms with van der Waals surface area (Å²) in [4.78, 5) is 23.8. The van der Waals surface area contributed by atoms with Crippen molar-refractivity contribution in [1.29, 1.82) is 0 Å². The molecular formula is C7H6N2O5S. The zero-order valence-corrected chi connectivity index (χ0v) is 8.35. The summed E-state index contributed by atoms with van der Waals surface area (Å²) in [5.74, 6) is -1.39. The van der Waals surface area contributed by atoms with Crippen molar-refractivity contribution in [3.05, 3.63) is 27.9 Å². The molecule has 0 fully saturated rings. The maximum atomic E-state index is 11.1. The summed E-state index contributed by atoms with van der Waals surface area (Å²) in [7, 11) is 0. The van der Waals surface area contributed by atoms with Crippen LogP contribution in [-0.2, 0) is 11.2 Å². The van der Waals surface area contributed by atoms with Crippen LogP contribution in [0.5, 0.6) is 0 Å². The Hall–Kier alpha value is -1.67. The van der Waals surface area contributed by atoms with Crippen molar-refractivity contribution in [2.45, 2.75) is 5.03 Å². The molecule has 0 spiro atoms. The number of nitrogens with zero attached hydrogens (tertiary/aromatic N) is 2. The predicted molar refractivity (Wildman–Crippen MR) is 50.2 cm³/mol. The van der Waals surface area contributed by atoms with Crippen molar-refractivity contribution in [1.82, 2.24) is 4.98 Å². The number of aromatic nitrogens is 1. The number of carboxylic acids is 1. The number of hydrogen-bond acceptors (Lipinski definition) is 5. The fraction of sp³-hybridized carbons (Fsp3) is 0.143. The number of nitro groups is 1. The number of carbonyl (C=O) groups is 1. The molecule has 1 aromatic heterocycles. The first-order chi connectivity index (χ1) is 6.93. The van der Waals surface area contributed by atoms with Gasteiger partial charge in [-0.3, -0.25) is 10.1 Å². The molecule has 1 heterocycles. The molecule has 0 aliphatic rings. The standard InChI is InChI=1S/C7H6N2O5S/c1-15(14)6-5(7(10)11)2-4(3-8-6)9(12)13/h2-3H,1H3,(H,10,11). The van der Waals surface area contributed by atoms with E-state index in [-0.39, 0.29) is 5.03 Å². The lowest BCUT2D eigenvalue weighted by Crippen LogP contribution is -2.10. The summed E-state index contributed by atoms with van der Waals surface area (Å²) in [6.45, 7) is 0. The highest BCUT2D eigenvalue weighted by molar-refractivity contribution is 7.90. The number of aromatic carboxylic acids is 1. The van der Waals surface area contributed by atoms with Gasteiger partial charge in [-0.1, -0.05) is 0 Å². The first kappa shape index (κ1) is 11.4. The summed E-state index contributed by atoms with van der Waals surface area (Å²) in [6.07, 6.45) is 2.13. The minimum atomic E-state index is -1.60. The highest BCUT2D eigenvalue weighted by Gasteiger charge is 2.23. The number of rotatable bonds is 3. The Morgan fingerprint density at radius 1 is 1.67 bits per heavy atom. The number of carboxylic acid groups (broad SMARTS) is 1. The van der Waals surface area contributed by atoms with Crippen molar-refractivity contribution in [3.63, 3.8) is 0 Å². The molecule has 7 nitrogen and oxygen atoms in total. The van der Waals surface area contributed by atoms with E-state index in [0.29, 0.717) is 0 Å². The highest BCUT2D eigenvalue weighted by Crippen LogP contribution is 2.18. The molecule has 0 aliphatic heterocycles. The highest BCUT2D eigenvalue weighted by atomic mass is 32.2. The fourth-order valence-electron chi connectivity index (χ4n) is 0.923. The van der Waals surface area contributed by atoms with Crippen molar-refractivity contribution in [2.24, 2.45) is 0 Å². The fourth-order valence-corrected chi connectivity index (χ4v) is 1.58. The first-order valence-corrected chi connectivity index (χ1v) is 5.20. The number of pyridine rings is 1. The Morgan fingerprint density at radius 3 is 2.67 bits per heavy atom. The van der Waals surface area contributed by atoms with Gasteiger partial charge in [-0.25, -0.2) is 9.78 Å². The predicted octanol–water partition coefficient (Wildman–Crippen LogP) is 0.425. The van der Waals surface area contributed by atoms with E-state index in [1.54, 1.807) is 0 Å². The van der Waals surface area contributed by atoms with Crippen molar-refractivity contribution in [3.8, 4) is 0 Å². The van der Waals surface area contributed by atoms with Gasteiger partial charge in [0.2, 0.25) is 0 Å². The summed E-state index contributed by atoms with van der Waals surface area (Å²) in [5, 5.41) is 18.9. The largest absolute Gasteiger partial charge is 0.610 e. The third-order valence-electron chi connectivity index (χ3n) is 1.55. The number of hydrogen-bond donors (Lipinski definition) is 1. The van der Waals surface area contributed by atoms with E-state index < -0.39 is 33.3 Å². The van der Waals surface area contributed by atoms with E-state index in [1.807, 2.05) is 0 Å². The van der Waals surface area contributed by atoms with Crippen LogP contribution in [0, 0.1) is 10.1 Å². The Morgan fingerprint density at radius 2 is 2.27 bits per heavy atom. The minimum Gasteiger partial charge on any atom is -0.610 e. The summed E-state index contributed by atoms with van der Waals surface area (Å²) in [6, 6.07) is 0.839. The second-order valence-corrected chi connectivity index (χ2v) is 3.86. The molecule has 1 aromatic rings. The maximum absolute atomic E-state index is 11.1. The summed E-state index contributed by atoms with van der Waals surface area (Å²) >= 11 is -1.60. The monoisotopic (exact) mass is 230 g/mol. The van der Waals surface area contributed by atoms with E-state index in [1.165, 1.54) is 6.26 Å². The molecule has 1 rings (SSSR count). The molecule has 0 radical (unpaired) electrons. The van der Waals surface area contributed by atoms with Gasteiger partial charge in [0.15, 0.2) is 0 Å². The Balaban J connectivity index is 3.33. The van der Waals surface area contributed by atoms with E-state index >= 15 is 0 Å². The summed E-state index contributed by atoms with van der Waals surface area (Å²) < 4.78 is 11.1. The van der Waals surface area contributed by atoms with Gasteiger partial charge >= 0.3 is 5.97 Å². The molecule has 1 unspecified atom stereocenters. The molecule has 1 atom stereocenters. The lowest BCUT2D eigenvalue weighted by Gasteiger charge is -2.05. The molecule has 0 aromatic carbocycles. The molecule has 0 amide bonds. The van der Waals surface area contributed by atoms with Crippen molar-refractivity contribution < 1.29 is 19.4 Å². The SMILES string of the molecule is C[S+]([O-])c1ncc([N+](=O)[O-])cc1C(=O)O. The van der Waals surface area contributed by atoms with Gasteiger partial charge in [-0.15, -0.1) is 0 Å². The molecule has 1 N–H and O–H groups in total. The maximum Gasteiger partial charge on any atom is 0.342 e. The molecule has 0 bridgehead atoms. The average molecular weight is 230 g/mol. The molecule has 0 aliphatic carbocycles. The zero-order valence-electron chi connectivity index (χ0n) is 7.54. The van der Waals surface area contributed by atoms with E-state index in [2.05, 4.69) is 4.98 Å². The normalized spacial score (nSPS) is 12.1. The van der Waals surface area contributed by atoms with E-state index in [0.717, 1.165) is 12.3 Å². The summed E-state index contributed by atoms with van der Waals surface area (Å²) in [5.41, 5.74) is -0.855. The van der Waals surface area contributed by atoms with Crippen LogP contribution in [0.2, 0.25) is 0 Å². The van der Waals surface area contributed by atoms with Gasteiger partial charge < -0.3 is 9.66 Å². The smallest absolute Gasteiger partial charge is 0.342 e. The Labute approximate surface area is 87.1 Å². The topological polar surface area (TPSA) is 116 Å². The first-order valence-electron chi connectivity index (χ1n) is 3.64. The van der Waals surface area contributed by atoms with Gasteiger partial charge in [0, 0.05) is 17.2 Å². The minimum absolute atomic E-state index is 0.173. The van der Waals surface area contributed by atoms with Crippen molar-refractivity contribution in [2.75, 3.05) is 6.26 Å². The quantitative estimate of drug-likeness (QED) is 0.457. The van der Waals surface area contributed by atoms with Gasteiger partial charge in [0.05, 0.1) is 4.92 Å². The molecule has 15 heavy (non-hydrogen) atoms. The molecule has 80 valence electrons. The third-order valence-corrected chi connectivity index (χ3v) is 2.42. The van der Waals surface area contributed by atoms with Gasteiger partial charge in [-0.05, 0) is 0 Å². The van der Waals surface area contributed by atoms with Crippen LogP contribution >= 0.6 is 0 Å². The lowest BCUT2D eigenvalue weighted by atomic mass is 10.3. The Bertz CT molecular complexity index is 420. The molecule has 0 saturated heterocycles. The van der Waals surface area contributed by atoms with Crippen LogP contribution in [0.4, 0.5) is 5.69 Å². The Kier molecular flexibility index (Phi) is 3.22. The van der Waals surface area contributed by atoms with Crippen LogP contribution in [0.3, 0.4) is 0 Å². The van der Waals surface area contributed by atoms with E-state index in [9.17, 15) is 19.5 Å². The second-order valence-electron chi connectivity index (χ2n) is 2.56. The zero-order chi connectivity index (χ0) is 11.6. The molecule has 8 heteroatoms. The van der Waals surface area contributed by atoms with Crippen LogP contribution in [0.1, 0.15) is 10.4 Å².